The van der Waals surface area contributed by atoms with Crippen LogP contribution in [0.15, 0.2) is 53.6 Å². The Bertz CT molecular complexity index is 1060. The number of nitrogens with zero attached hydrogens (tertiary/aromatic N) is 3. The highest BCUT2D eigenvalue weighted by molar-refractivity contribution is 6.32. The summed E-state index contributed by atoms with van der Waals surface area (Å²) >= 11 is 6.00. The fourth-order valence-corrected chi connectivity index (χ4v) is 3.11. The van der Waals surface area contributed by atoms with Crippen molar-refractivity contribution in [3.63, 3.8) is 0 Å². The summed E-state index contributed by atoms with van der Waals surface area (Å²) in [6.45, 7) is 4.36. The Morgan fingerprint density at radius 2 is 2.00 bits per heavy atom. The van der Waals surface area contributed by atoms with Crippen LogP contribution in [0.5, 0.6) is 11.5 Å². The largest absolute Gasteiger partial charge is 0.496 e. The molecule has 0 saturated carbocycles. The third-order valence-corrected chi connectivity index (χ3v) is 4.64. The molecule has 0 unspecified atom stereocenters. The molecular weight excluding hydrogens is 404 g/mol. The Morgan fingerprint density at radius 3 is 2.70 bits per heavy atom. The van der Waals surface area contributed by atoms with Crippen molar-refractivity contribution in [3.05, 3.63) is 76.1 Å². The highest BCUT2D eigenvalue weighted by Crippen LogP contribution is 2.23. The maximum Gasteiger partial charge on any atom is 0.277 e. The van der Waals surface area contributed by atoms with Gasteiger partial charge in [0.2, 0.25) is 0 Å². The number of rotatable bonds is 8. The minimum absolute atomic E-state index is 0.188. The summed E-state index contributed by atoms with van der Waals surface area (Å²) in [5.41, 5.74) is 6.26. The summed E-state index contributed by atoms with van der Waals surface area (Å²) in [4.78, 5) is 11.9. The van der Waals surface area contributed by atoms with E-state index < -0.39 is 0 Å². The van der Waals surface area contributed by atoms with E-state index in [9.17, 15) is 4.79 Å². The van der Waals surface area contributed by atoms with Crippen molar-refractivity contribution in [2.24, 2.45) is 5.10 Å². The van der Waals surface area contributed by atoms with Crippen molar-refractivity contribution in [2.75, 3.05) is 13.7 Å². The zero-order valence-electron chi connectivity index (χ0n) is 17.1. The van der Waals surface area contributed by atoms with E-state index in [4.69, 9.17) is 21.1 Å². The van der Waals surface area contributed by atoms with Gasteiger partial charge in [-0.3, -0.25) is 9.48 Å². The molecule has 0 atom stereocenters. The van der Waals surface area contributed by atoms with Crippen molar-refractivity contribution >= 4 is 23.7 Å². The van der Waals surface area contributed by atoms with Gasteiger partial charge in [-0.2, -0.15) is 10.2 Å². The van der Waals surface area contributed by atoms with E-state index in [0.717, 1.165) is 28.3 Å². The number of benzene rings is 2. The second kappa shape index (κ2) is 9.93. The summed E-state index contributed by atoms with van der Waals surface area (Å²) in [6, 6.07) is 14.7. The van der Waals surface area contributed by atoms with Gasteiger partial charge in [0.25, 0.3) is 5.91 Å². The Kier molecular flexibility index (Phi) is 7.08. The summed E-state index contributed by atoms with van der Waals surface area (Å²) in [6.07, 6.45) is 1.57. The van der Waals surface area contributed by atoms with E-state index in [2.05, 4.69) is 15.6 Å². The van der Waals surface area contributed by atoms with Crippen LogP contribution in [0.4, 0.5) is 0 Å². The molecule has 1 aromatic heterocycles. The number of aromatic nitrogens is 2. The van der Waals surface area contributed by atoms with Gasteiger partial charge in [-0.05, 0) is 55.8 Å². The molecule has 1 N–H and O–H groups in total. The predicted molar refractivity (Wildman–Crippen MR) is 116 cm³/mol. The van der Waals surface area contributed by atoms with Crippen LogP contribution in [0.3, 0.4) is 0 Å². The molecule has 0 spiro atoms. The third-order valence-electron chi connectivity index (χ3n) is 4.33. The van der Waals surface area contributed by atoms with E-state index in [0.29, 0.717) is 17.3 Å². The molecule has 3 rings (SSSR count). The minimum Gasteiger partial charge on any atom is -0.496 e. The number of amides is 1. The Labute approximate surface area is 180 Å². The lowest BCUT2D eigenvalue weighted by Gasteiger charge is -2.11. The second-order valence-corrected chi connectivity index (χ2v) is 7.08. The molecule has 0 radical (unpaired) electrons. The van der Waals surface area contributed by atoms with Crippen molar-refractivity contribution in [3.8, 4) is 11.5 Å². The van der Waals surface area contributed by atoms with Gasteiger partial charge in [0, 0.05) is 11.3 Å². The number of hydrogen-bond acceptors (Lipinski definition) is 5. The molecule has 7 nitrogen and oxygen atoms in total. The summed E-state index contributed by atoms with van der Waals surface area (Å²) in [5.74, 6) is 0.821. The van der Waals surface area contributed by atoms with Crippen LogP contribution >= 0.6 is 11.6 Å². The molecule has 3 aromatic rings. The molecule has 156 valence electrons. The summed E-state index contributed by atoms with van der Waals surface area (Å²) in [5, 5.41) is 8.94. The number of methoxy groups -OCH3 is 1. The van der Waals surface area contributed by atoms with E-state index in [-0.39, 0.29) is 12.5 Å². The van der Waals surface area contributed by atoms with Crippen molar-refractivity contribution in [2.45, 2.75) is 20.4 Å². The van der Waals surface area contributed by atoms with Gasteiger partial charge in [-0.15, -0.1) is 0 Å². The van der Waals surface area contributed by atoms with Crippen LogP contribution in [0, 0.1) is 13.8 Å². The van der Waals surface area contributed by atoms with E-state index in [1.807, 2.05) is 42.8 Å². The van der Waals surface area contributed by atoms with Crippen molar-refractivity contribution in [1.29, 1.82) is 0 Å². The fraction of sp³-hybridized carbons (Fsp3) is 0.227. The second-order valence-electron chi connectivity index (χ2n) is 6.67. The molecule has 1 amide bonds. The number of aryl methyl sites for hydroxylation is 2. The van der Waals surface area contributed by atoms with Gasteiger partial charge >= 0.3 is 0 Å². The normalized spacial score (nSPS) is 10.9. The molecule has 0 aliphatic rings. The Balaban J connectivity index is 1.61. The average molecular weight is 427 g/mol. The molecule has 8 heteroatoms. The first-order chi connectivity index (χ1) is 14.5. The summed E-state index contributed by atoms with van der Waals surface area (Å²) < 4.78 is 12.8. The monoisotopic (exact) mass is 426 g/mol. The average Bonchev–Trinajstić information content (AvgIpc) is 3.04. The van der Waals surface area contributed by atoms with Crippen LogP contribution in [0.2, 0.25) is 5.02 Å². The first kappa shape index (κ1) is 21.4. The molecule has 0 bridgehead atoms. The number of nitrogens with one attached hydrogen (secondary N) is 1. The molecule has 30 heavy (non-hydrogen) atoms. The van der Waals surface area contributed by atoms with E-state index in [1.54, 1.807) is 37.6 Å². The molecule has 2 aromatic carbocycles. The van der Waals surface area contributed by atoms with Crippen LogP contribution < -0.4 is 14.9 Å². The van der Waals surface area contributed by atoms with Gasteiger partial charge in [-0.1, -0.05) is 23.7 Å². The van der Waals surface area contributed by atoms with E-state index >= 15 is 0 Å². The van der Waals surface area contributed by atoms with Gasteiger partial charge in [-0.25, -0.2) is 5.43 Å². The van der Waals surface area contributed by atoms with Crippen LogP contribution in [-0.2, 0) is 11.3 Å². The SMILES string of the molecule is COc1ccc(C=NNC(=O)COc2ccccc2Cl)cc1Cn1nc(C)cc1C. The molecule has 0 saturated heterocycles. The lowest BCUT2D eigenvalue weighted by molar-refractivity contribution is -0.123. The number of halogens is 1. The van der Waals surface area contributed by atoms with Crippen molar-refractivity contribution in [1.82, 2.24) is 15.2 Å². The Morgan fingerprint density at radius 1 is 1.20 bits per heavy atom. The number of hydrazone groups is 1. The number of para-hydroxylation sites is 1. The molecule has 0 aliphatic carbocycles. The lowest BCUT2D eigenvalue weighted by atomic mass is 10.1. The standard InChI is InChI=1S/C22H23ClN4O3/c1-15-10-16(2)27(26-15)13-18-11-17(8-9-20(18)29-3)12-24-25-22(28)14-30-21-7-5-4-6-19(21)23/h4-12H,13-14H2,1-3H3,(H,25,28). The lowest BCUT2D eigenvalue weighted by Crippen LogP contribution is -2.24. The first-order valence-corrected chi connectivity index (χ1v) is 9.71. The third kappa shape index (κ3) is 5.61. The highest BCUT2D eigenvalue weighted by atomic mass is 35.5. The number of carbonyl (C=O) groups is 1. The smallest absolute Gasteiger partial charge is 0.277 e. The predicted octanol–water partition coefficient (Wildman–Crippen LogP) is 3.74. The van der Waals surface area contributed by atoms with Crippen molar-refractivity contribution < 1.29 is 14.3 Å². The highest BCUT2D eigenvalue weighted by Gasteiger charge is 2.08. The maximum atomic E-state index is 11.9. The van der Waals surface area contributed by atoms with E-state index in [1.165, 1.54) is 0 Å². The molecule has 0 aliphatic heterocycles. The fourth-order valence-electron chi connectivity index (χ4n) is 2.91. The quantitative estimate of drug-likeness (QED) is 0.439. The number of hydrogen-bond donors (Lipinski definition) is 1. The zero-order valence-corrected chi connectivity index (χ0v) is 17.8. The van der Waals surface area contributed by atoms with Crippen LogP contribution in [-0.4, -0.2) is 35.6 Å². The molecule has 1 heterocycles. The van der Waals surface area contributed by atoms with Gasteiger partial charge in [0.15, 0.2) is 6.61 Å². The number of carbonyl (C=O) groups excluding carboxylic acids is 1. The van der Waals surface area contributed by atoms with Gasteiger partial charge in [0.05, 0.1) is 30.6 Å². The van der Waals surface area contributed by atoms with Crippen LogP contribution in [0.1, 0.15) is 22.5 Å². The molecular formula is C22H23ClN4O3. The Hall–Kier alpha value is -3.32. The molecule has 0 fully saturated rings. The first-order valence-electron chi connectivity index (χ1n) is 9.33. The summed E-state index contributed by atoms with van der Waals surface area (Å²) in [7, 11) is 1.63. The zero-order chi connectivity index (χ0) is 21.5. The van der Waals surface area contributed by atoms with Gasteiger partial charge in [0.1, 0.15) is 11.5 Å². The van der Waals surface area contributed by atoms with Gasteiger partial charge < -0.3 is 9.47 Å². The maximum absolute atomic E-state index is 11.9. The number of ether oxygens (including phenoxy) is 2. The van der Waals surface area contributed by atoms with Crippen LogP contribution in [0.25, 0.3) is 0 Å². The minimum atomic E-state index is -0.387. The topological polar surface area (TPSA) is 77.7 Å².